The van der Waals surface area contributed by atoms with Crippen LogP contribution < -0.4 is 5.32 Å². The van der Waals surface area contributed by atoms with Gasteiger partial charge in [0, 0.05) is 19.0 Å². The molecule has 0 spiro atoms. The Bertz CT molecular complexity index is 223. The first-order valence-corrected chi connectivity index (χ1v) is 4.38. The van der Waals surface area contributed by atoms with Gasteiger partial charge in [0.15, 0.2) is 0 Å². The molecule has 1 heterocycles. The minimum absolute atomic E-state index is 0.143. The summed E-state index contributed by atoms with van der Waals surface area (Å²) in [6.07, 6.45) is 3.87. The maximum absolute atomic E-state index is 11.2. The maximum Gasteiger partial charge on any atom is 0.324 e. The molecule has 1 aliphatic heterocycles. The molecule has 0 bridgehead atoms. The summed E-state index contributed by atoms with van der Waals surface area (Å²) in [5.74, 6) is -0.143. The van der Waals surface area contributed by atoms with Crippen molar-refractivity contribution < 1.29 is 9.59 Å². The zero-order chi connectivity index (χ0) is 8.55. The highest BCUT2D eigenvalue weighted by atomic mass is 16.2. The van der Waals surface area contributed by atoms with Gasteiger partial charge in [0.2, 0.25) is 5.91 Å². The van der Waals surface area contributed by atoms with E-state index in [2.05, 4.69) is 5.32 Å². The average molecular weight is 168 g/mol. The predicted molar refractivity (Wildman–Crippen MR) is 42.5 cm³/mol. The van der Waals surface area contributed by atoms with Gasteiger partial charge >= 0.3 is 6.03 Å². The number of nitrogens with zero attached hydrogens (tertiary/aromatic N) is 1. The fourth-order valence-corrected chi connectivity index (χ4v) is 1.62. The number of amides is 3. The van der Waals surface area contributed by atoms with Crippen molar-refractivity contribution in [3.8, 4) is 0 Å². The van der Waals surface area contributed by atoms with Gasteiger partial charge in [-0.05, 0) is 19.3 Å². The van der Waals surface area contributed by atoms with Crippen LogP contribution in [-0.4, -0.2) is 29.4 Å². The molecule has 0 aromatic rings. The number of hydrogen-bond donors (Lipinski definition) is 1. The van der Waals surface area contributed by atoms with Gasteiger partial charge in [0.05, 0.1) is 0 Å². The van der Waals surface area contributed by atoms with Crippen LogP contribution in [0.4, 0.5) is 4.79 Å². The van der Waals surface area contributed by atoms with Crippen LogP contribution in [0.1, 0.15) is 25.7 Å². The minimum Gasteiger partial charge on any atom is -0.321 e. The summed E-state index contributed by atoms with van der Waals surface area (Å²) in [5.41, 5.74) is 0. The highest BCUT2D eigenvalue weighted by Crippen LogP contribution is 2.25. The van der Waals surface area contributed by atoms with E-state index >= 15 is 0 Å². The standard InChI is InChI=1S/C8H12N2O2/c11-7-4-5-10(8(12)9-7)6-2-1-3-6/h6H,1-5H2,(H,9,11,12). The van der Waals surface area contributed by atoms with Gasteiger partial charge < -0.3 is 4.90 Å². The van der Waals surface area contributed by atoms with Crippen LogP contribution >= 0.6 is 0 Å². The number of carbonyl (C=O) groups excluding carboxylic acids is 2. The molecule has 1 saturated heterocycles. The Morgan fingerprint density at radius 3 is 2.58 bits per heavy atom. The lowest BCUT2D eigenvalue weighted by Crippen LogP contribution is -2.55. The third-order valence-corrected chi connectivity index (χ3v) is 2.60. The molecule has 1 aliphatic carbocycles. The normalized spacial score (nSPS) is 25.2. The number of urea groups is 1. The molecule has 0 aromatic carbocycles. The molecule has 0 unspecified atom stereocenters. The molecule has 2 fully saturated rings. The van der Waals surface area contributed by atoms with Crippen LogP contribution in [0.25, 0.3) is 0 Å². The van der Waals surface area contributed by atoms with Crippen molar-refractivity contribution in [1.82, 2.24) is 10.2 Å². The molecule has 1 saturated carbocycles. The highest BCUT2D eigenvalue weighted by Gasteiger charge is 2.32. The van der Waals surface area contributed by atoms with Crippen LogP contribution in [-0.2, 0) is 4.79 Å². The molecule has 0 aromatic heterocycles. The van der Waals surface area contributed by atoms with E-state index in [1.54, 1.807) is 4.90 Å². The predicted octanol–water partition coefficient (Wildman–Crippen LogP) is 0.481. The number of nitrogens with one attached hydrogen (secondary N) is 1. The summed E-state index contributed by atoms with van der Waals surface area (Å²) >= 11 is 0. The van der Waals surface area contributed by atoms with Crippen LogP contribution in [0.5, 0.6) is 0 Å². The first-order valence-electron chi connectivity index (χ1n) is 4.38. The van der Waals surface area contributed by atoms with E-state index in [1.165, 1.54) is 6.42 Å². The fraction of sp³-hybridized carbons (Fsp3) is 0.750. The largest absolute Gasteiger partial charge is 0.324 e. The highest BCUT2D eigenvalue weighted by molar-refractivity contribution is 5.96. The summed E-state index contributed by atoms with van der Waals surface area (Å²) in [4.78, 5) is 23.8. The van der Waals surface area contributed by atoms with Crippen molar-refractivity contribution in [2.24, 2.45) is 0 Å². The van der Waals surface area contributed by atoms with Crippen LogP contribution in [0.2, 0.25) is 0 Å². The van der Waals surface area contributed by atoms with Gasteiger partial charge in [-0.2, -0.15) is 0 Å². The fourth-order valence-electron chi connectivity index (χ4n) is 1.62. The summed E-state index contributed by atoms with van der Waals surface area (Å²) in [6.45, 7) is 0.606. The van der Waals surface area contributed by atoms with Crippen LogP contribution in [0, 0.1) is 0 Å². The molecule has 66 valence electrons. The first kappa shape index (κ1) is 7.58. The molecule has 4 heteroatoms. The van der Waals surface area contributed by atoms with E-state index in [0.717, 1.165) is 12.8 Å². The Morgan fingerprint density at radius 2 is 2.08 bits per heavy atom. The van der Waals surface area contributed by atoms with Gasteiger partial charge in [0.25, 0.3) is 0 Å². The smallest absolute Gasteiger partial charge is 0.321 e. The van der Waals surface area contributed by atoms with E-state index in [0.29, 0.717) is 19.0 Å². The van der Waals surface area contributed by atoms with Crippen molar-refractivity contribution in [1.29, 1.82) is 0 Å². The molecule has 4 nitrogen and oxygen atoms in total. The quantitative estimate of drug-likeness (QED) is 0.619. The monoisotopic (exact) mass is 168 g/mol. The zero-order valence-electron chi connectivity index (χ0n) is 6.88. The summed E-state index contributed by atoms with van der Waals surface area (Å²) in [7, 11) is 0. The Kier molecular flexibility index (Phi) is 1.75. The second-order valence-corrected chi connectivity index (χ2v) is 3.38. The molecular weight excluding hydrogens is 156 g/mol. The van der Waals surface area contributed by atoms with Crippen molar-refractivity contribution in [3.63, 3.8) is 0 Å². The summed E-state index contributed by atoms with van der Waals surface area (Å²) in [6, 6.07) is 0.203. The van der Waals surface area contributed by atoms with E-state index < -0.39 is 0 Å². The van der Waals surface area contributed by atoms with E-state index in [4.69, 9.17) is 0 Å². The van der Waals surface area contributed by atoms with Crippen molar-refractivity contribution in [3.05, 3.63) is 0 Å². The Morgan fingerprint density at radius 1 is 1.33 bits per heavy atom. The van der Waals surface area contributed by atoms with Crippen molar-refractivity contribution in [2.75, 3.05) is 6.54 Å². The van der Waals surface area contributed by atoms with Gasteiger partial charge in [-0.3, -0.25) is 10.1 Å². The molecular formula is C8H12N2O2. The van der Waals surface area contributed by atoms with E-state index in [9.17, 15) is 9.59 Å². The Balaban J connectivity index is 1.97. The number of carbonyl (C=O) groups is 2. The molecule has 2 rings (SSSR count). The molecule has 0 radical (unpaired) electrons. The third-order valence-electron chi connectivity index (χ3n) is 2.60. The van der Waals surface area contributed by atoms with E-state index in [-0.39, 0.29) is 11.9 Å². The molecule has 0 atom stereocenters. The summed E-state index contributed by atoms with van der Waals surface area (Å²) in [5, 5.41) is 2.33. The summed E-state index contributed by atoms with van der Waals surface area (Å²) < 4.78 is 0. The minimum atomic E-state index is -0.198. The lowest BCUT2D eigenvalue weighted by molar-refractivity contribution is -0.121. The second kappa shape index (κ2) is 2.77. The number of hydrogen-bond acceptors (Lipinski definition) is 2. The molecule has 3 amide bonds. The van der Waals surface area contributed by atoms with Gasteiger partial charge in [-0.25, -0.2) is 4.79 Å². The Labute approximate surface area is 70.9 Å². The van der Waals surface area contributed by atoms with Gasteiger partial charge in [-0.1, -0.05) is 0 Å². The van der Waals surface area contributed by atoms with Crippen LogP contribution in [0.3, 0.4) is 0 Å². The average Bonchev–Trinajstić information content (AvgIpc) is 1.91. The maximum atomic E-state index is 11.2. The molecule has 12 heavy (non-hydrogen) atoms. The molecule has 1 N–H and O–H groups in total. The first-order chi connectivity index (χ1) is 5.77. The van der Waals surface area contributed by atoms with Gasteiger partial charge in [0.1, 0.15) is 0 Å². The number of imide groups is 1. The zero-order valence-corrected chi connectivity index (χ0v) is 6.88. The molecule has 2 aliphatic rings. The van der Waals surface area contributed by atoms with Crippen molar-refractivity contribution >= 4 is 11.9 Å². The van der Waals surface area contributed by atoms with Crippen LogP contribution in [0.15, 0.2) is 0 Å². The number of rotatable bonds is 1. The van der Waals surface area contributed by atoms with E-state index in [1.807, 2.05) is 0 Å². The second-order valence-electron chi connectivity index (χ2n) is 3.38. The topological polar surface area (TPSA) is 49.4 Å². The van der Waals surface area contributed by atoms with Gasteiger partial charge in [-0.15, -0.1) is 0 Å². The lowest BCUT2D eigenvalue weighted by atomic mass is 9.91. The SMILES string of the molecule is O=C1CCN(C2CCC2)C(=O)N1. The Hall–Kier alpha value is -1.06. The third kappa shape index (κ3) is 1.17. The van der Waals surface area contributed by atoms with Crippen molar-refractivity contribution in [2.45, 2.75) is 31.7 Å². The lowest BCUT2D eigenvalue weighted by Gasteiger charge is -2.39.